The van der Waals surface area contributed by atoms with Crippen LogP contribution in [-0.2, 0) is 15.8 Å². The first-order chi connectivity index (χ1) is 16.0. The van der Waals surface area contributed by atoms with Crippen molar-refractivity contribution in [3.05, 3.63) is 70.5 Å². The minimum Gasteiger partial charge on any atom is -0.322 e. The van der Waals surface area contributed by atoms with Crippen LogP contribution in [0.25, 0.3) is 11.1 Å². The van der Waals surface area contributed by atoms with Crippen LogP contribution in [0, 0.1) is 12.7 Å². The molecule has 0 unspecified atom stereocenters. The standard InChI is InChI=1S/C23H17ClF4N4O2/c1-11-8-17-19(21(24)30-11)14-4-3-7-29-20(14)12(2)22(34)32(17)10-18(33)31-16-6-5-13(9-15(16)25)23(26,27)28/h3-9,12H,10H2,1-2H3,(H,31,33)/t12-/m0/s1. The number of aromatic nitrogens is 2. The highest BCUT2D eigenvalue weighted by atomic mass is 35.5. The lowest BCUT2D eigenvalue weighted by atomic mass is 9.98. The van der Waals surface area contributed by atoms with Gasteiger partial charge in [0.05, 0.1) is 28.6 Å². The second kappa shape index (κ2) is 8.68. The van der Waals surface area contributed by atoms with Crippen LogP contribution < -0.4 is 10.2 Å². The van der Waals surface area contributed by atoms with Gasteiger partial charge in [0.1, 0.15) is 17.5 Å². The van der Waals surface area contributed by atoms with Crippen LogP contribution in [0.2, 0.25) is 5.15 Å². The lowest BCUT2D eigenvalue weighted by Crippen LogP contribution is -2.40. The first kappa shape index (κ1) is 23.6. The van der Waals surface area contributed by atoms with Crippen molar-refractivity contribution in [2.45, 2.75) is 25.9 Å². The maximum Gasteiger partial charge on any atom is 0.416 e. The Morgan fingerprint density at radius 2 is 1.97 bits per heavy atom. The molecule has 1 atom stereocenters. The van der Waals surface area contributed by atoms with Gasteiger partial charge in [0.25, 0.3) is 0 Å². The molecular weight excluding hydrogens is 476 g/mol. The minimum absolute atomic E-state index is 0.116. The molecule has 3 aromatic rings. The smallest absolute Gasteiger partial charge is 0.322 e. The van der Waals surface area contributed by atoms with E-state index in [1.807, 2.05) is 0 Å². The highest BCUT2D eigenvalue weighted by Crippen LogP contribution is 2.43. The number of halogens is 5. The maximum absolute atomic E-state index is 14.2. The number of pyridine rings is 2. The Hall–Kier alpha value is -3.53. The first-order valence-electron chi connectivity index (χ1n) is 10.1. The molecule has 11 heteroatoms. The van der Waals surface area contributed by atoms with Gasteiger partial charge in [0, 0.05) is 23.0 Å². The number of carbonyl (C=O) groups excluding carboxylic acids is 2. The van der Waals surface area contributed by atoms with Crippen LogP contribution in [0.3, 0.4) is 0 Å². The molecule has 1 aliphatic heterocycles. The Bertz CT molecular complexity index is 1310. The Morgan fingerprint density at radius 3 is 2.65 bits per heavy atom. The number of rotatable bonds is 3. The lowest BCUT2D eigenvalue weighted by Gasteiger charge is -2.25. The zero-order chi connectivity index (χ0) is 24.8. The fraction of sp³-hybridized carbons (Fsp3) is 0.217. The van der Waals surface area contributed by atoms with Crippen LogP contribution >= 0.6 is 11.6 Å². The quantitative estimate of drug-likeness (QED) is 0.395. The molecule has 0 radical (unpaired) electrons. The van der Waals surface area contributed by atoms with Crippen molar-refractivity contribution in [3.63, 3.8) is 0 Å². The normalized spacial score (nSPS) is 15.4. The average Bonchev–Trinajstić information content (AvgIpc) is 2.84. The van der Waals surface area contributed by atoms with Gasteiger partial charge in [-0.15, -0.1) is 0 Å². The van der Waals surface area contributed by atoms with Crippen molar-refractivity contribution in [2.75, 3.05) is 16.8 Å². The van der Waals surface area contributed by atoms with E-state index < -0.39 is 47.5 Å². The zero-order valence-electron chi connectivity index (χ0n) is 17.9. The third-order valence-electron chi connectivity index (χ3n) is 5.40. The summed E-state index contributed by atoms with van der Waals surface area (Å²) in [4.78, 5) is 35.9. The highest BCUT2D eigenvalue weighted by Gasteiger charge is 2.35. The summed E-state index contributed by atoms with van der Waals surface area (Å²) in [5.41, 5.74) is 0.658. The van der Waals surface area contributed by atoms with Gasteiger partial charge >= 0.3 is 6.18 Å². The molecule has 0 aliphatic carbocycles. The molecule has 1 aliphatic rings. The maximum atomic E-state index is 14.2. The number of anilines is 2. The van der Waals surface area contributed by atoms with E-state index in [1.54, 1.807) is 32.0 Å². The van der Waals surface area contributed by atoms with Crippen LogP contribution in [0.5, 0.6) is 0 Å². The molecular formula is C23H17ClF4N4O2. The number of hydrogen-bond donors (Lipinski definition) is 1. The summed E-state index contributed by atoms with van der Waals surface area (Å²) < 4.78 is 52.6. The Kier molecular flexibility index (Phi) is 6.03. The first-order valence-corrected chi connectivity index (χ1v) is 10.5. The van der Waals surface area contributed by atoms with E-state index in [-0.39, 0.29) is 5.15 Å². The molecule has 0 spiro atoms. The number of nitrogens with one attached hydrogen (secondary N) is 1. The van der Waals surface area contributed by atoms with Crippen molar-refractivity contribution in [2.24, 2.45) is 0 Å². The average molecular weight is 493 g/mol. The van der Waals surface area contributed by atoms with E-state index in [1.165, 1.54) is 11.1 Å². The fourth-order valence-electron chi connectivity index (χ4n) is 3.81. The molecule has 0 saturated carbocycles. The lowest BCUT2D eigenvalue weighted by molar-refractivity contribution is -0.137. The Morgan fingerprint density at radius 1 is 1.24 bits per heavy atom. The van der Waals surface area contributed by atoms with Gasteiger partial charge in [-0.3, -0.25) is 14.6 Å². The molecule has 0 saturated heterocycles. The Labute approximate surface area is 196 Å². The van der Waals surface area contributed by atoms with Gasteiger partial charge in [0.2, 0.25) is 11.8 Å². The topological polar surface area (TPSA) is 75.2 Å². The second-order valence-corrected chi connectivity index (χ2v) is 8.13. The van der Waals surface area contributed by atoms with Gasteiger partial charge in [-0.1, -0.05) is 17.7 Å². The molecule has 2 amide bonds. The molecule has 6 nitrogen and oxygen atoms in total. The molecule has 0 fully saturated rings. The monoisotopic (exact) mass is 492 g/mol. The molecule has 4 rings (SSSR count). The van der Waals surface area contributed by atoms with Gasteiger partial charge < -0.3 is 10.2 Å². The molecule has 34 heavy (non-hydrogen) atoms. The number of aryl methyl sites for hydroxylation is 1. The largest absolute Gasteiger partial charge is 0.416 e. The summed E-state index contributed by atoms with van der Waals surface area (Å²) in [6.07, 6.45) is -3.19. The van der Waals surface area contributed by atoms with Crippen LogP contribution in [0.15, 0.2) is 42.6 Å². The number of alkyl halides is 3. The molecule has 2 aromatic heterocycles. The Balaban J connectivity index is 1.70. The summed E-state index contributed by atoms with van der Waals surface area (Å²) in [5, 5.41) is 2.35. The van der Waals surface area contributed by atoms with Crippen molar-refractivity contribution < 1.29 is 27.2 Å². The SMILES string of the molecule is Cc1cc2c(c(Cl)n1)-c1cccnc1[C@H](C)C(=O)N2CC(=O)Nc1ccc(C(F)(F)F)cc1F. The van der Waals surface area contributed by atoms with Gasteiger partial charge in [-0.25, -0.2) is 9.37 Å². The summed E-state index contributed by atoms with van der Waals surface area (Å²) in [5.74, 6) is -3.26. The summed E-state index contributed by atoms with van der Waals surface area (Å²) in [7, 11) is 0. The number of hydrogen-bond acceptors (Lipinski definition) is 4. The minimum atomic E-state index is -4.73. The van der Waals surface area contributed by atoms with E-state index in [0.717, 1.165) is 6.07 Å². The fourth-order valence-corrected chi connectivity index (χ4v) is 4.15. The predicted octanol–water partition coefficient (Wildman–Crippen LogP) is 5.35. The van der Waals surface area contributed by atoms with Gasteiger partial charge in [-0.2, -0.15) is 13.2 Å². The predicted molar refractivity (Wildman–Crippen MR) is 118 cm³/mol. The number of carbonyl (C=O) groups is 2. The van der Waals surface area contributed by atoms with E-state index >= 15 is 0 Å². The number of fused-ring (bicyclic) bond motifs is 3. The third-order valence-corrected chi connectivity index (χ3v) is 5.67. The summed E-state index contributed by atoms with van der Waals surface area (Å²) in [6.45, 7) is 2.77. The second-order valence-electron chi connectivity index (χ2n) is 7.77. The highest BCUT2D eigenvalue weighted by molar-refractivity contribution is 6.33. The molecule has 1 aromatic carbocycles. The van der Waals surface area contributed by atoms with Crippen molar-refractivity contribution in [3.8, 4) is 11.1 Å². The summed E-state index contributed by atoms with van der Waals surface area (Å²) >= 11 is 6.43. The summed E-state index contributed by atoms with van der Waals surface area (Å²) in [6, 6.07) is 6.80. The molecule has 1 N–H and O–H groups in total. The van der Waals surface area contributed by atoms with Crippen LogP contribution in [-0.4, -0.2) is 28.3 Å². The third kappa shape index (κ3) is 4.33. The molecule has 176 valence electrons. The van der Waals surface area contributed by atoms with Crippen molar-refractivity contribution in [1.29, 1.82) is 0 Å². The number of nitrogens with zero attached hydrogens (tertiary/aromatic N) is 3. The van der Waals surface area contributed by atoms with Gasteiger partial charge in [0.15, 0.2) is 0 Å². The number of amides is 2. The van der Waals surface area contributed by atoms with E-state index in [9.17, 15) is 27.2 Å². The molecule has 0 bridgehead atoms. The van der Waals surface area contributed by atoms with E-state index in [0.29, 0.717) is 40.3 Å². The van der Waals surface area contributed by atoms with Crippen LogP contribution in [0.4, 0.5) is 28.9 Å². The van der Waals surface area contributed by atoms with Gasteiger partial charge in [-0.05, 0) is 44.2 Å². The van der Waals surface area contributed by atoms with E-state index in [4.69, 9.17) is 11.6 Å². The van der Waals surface area contributed by atoms with Crippen LogP contribution in [0.1, 0.15) is 29.8 Å². The van der Waals surface area contributed by atoms with E-state index in [2.05, 4.69) is 15.3 Å². The molecule has 3 heterocycles. The zero-order valence-corrected chi connectivity index (χ0v) is 18.6. The number of benzene rings is 1. The van der Waals surface area contributed by atoms with Crippen molar-refractivity contribution >= 4 is 34.8 Å². The van der Waals surface area contributed by atoms with Crippen molar-refractivity contribution in [1.82, 2.24) is 9.97 Å².